The van der Waals surface area contributed by atoms with Gasteiger partial charge in [0.15, 0.2) is 0 Å². The Morgan fingerprint density at radius 2 is 1.92 bits per heavy atom. The van der Waals surface area contributed by atoms with Gasteiger partial charge in [-0.3, -0.25) is 14.9 Å². The van der Waals surface area contributed by atoms with Crippen molar-refractivity contribution in [2.45, 2.75) is 40.2 Å². The predicted molar refractivity (Wildman–Crippen MR) is 98.8 cm³/mol. The van der Waals surface area contributed by atoms with E-state index in [-0.39, 0.29) is 5.56 Å². The molecule has 0 aliphatic heterocycles. The summed E-state index contributed by atoms with van der Waals surface area (Å²) in [5, 5.41) is 10.4. The fourth-order valence-corrected chi connectivity index (χ4v) is 2.90. The first-order valence-corrected chi connectivity index (χ1v) is 8.42. The number of hydrogen-bond acceptors (Lipinski definition) is 4. The first-order valence-electron chi connectivity index (χ1n) is 8.42. The molecule has 0 unspecified atom stereocenters. The van der Waals surface area contributed by atoms with E-state index in [1.165, 1.54) is 16.7 Å². The number of anilines is 1. The maximum atomic E-state index is 11.9. The minimum absolute atomic E-state index is 0.141. The van der Waals surface area contributed by atoms with Crippen molar-refractivity contribution >= 4 is 5.95 Å². The summed E-state index contributed by atoms with van der Waals surface area (Å²) in [6, 6.07) is 9.71. The average molecular weight is 337 g/mol. The van der Waals surface area contributed by atoms with Crippen LogP contribution in [0.2, 0.25) is 0 Å². The molecule has 25 heavy (non-hydrogen) atoms. The maximum Gasteiger partial charge on any atom is 0.252 e. The van der Waals surface area contributed by atoms with E-state index in [0.717, 1.165) is 23.5 Å². The molecule has 6 heteroatoms. The number of H-pyrrole nitrogens is 2. The quantitative estimate of drug-likeness (QED) is 0.645. The highest BCUT2D eigenvalue weighted by atomic mass is 16.1. The molecule has 1 aromatic carbocycles. The smallest absolute Gasteiger partial charge is 0.252 e. The summed E-state index contributed by atoms with van der Waals surface area (Å²) < 4.78 is 0. The molecule has 0 fully saturated rings. The third-order valence-electron chi connectivity index (χ3n) is 4.41. The van der Waals surface area contributed by atoms with E-state index >= 15 is 0 Å². The molecular formula is C19H23N5O. The topological polar surface area (TPSA) is 86.5 Å². The number of hydrogen-bond donors (Lipinski definition) is 3. The van der Waals surface area contributed by atoms with Gasteiger partial charge in [-0.15, -0.1) is 0 Å². The molecule has 0 bridgehead atoms. The van der Waals surface area contributed by atoms with Gasteiger partial charge in [-0.25, -0.2) is 4.98 Å². The minimum atomic E-state index is -0.141. The number of aryl methyl sites for hydroxylation is 4. The zero-order valence-corrected chi connectivity index (χ0v) is 14.8. The van der Waals surface area contributed by atoms with E-state index < -0.39 is 0 Å². The molecular weight excluding hydrogens is 314 g/mol. The van der Waals surface area contributed by atoms with Gasteiger partial charge in [0.05, 0.1) is 11.4 Å². The first-order chi connectivity index (χ1) is 12.0. The molecule has 0 aliphatic rings. The van der Waals surface area contributed by atoms with Gasteiger partial charge >= 0.3 is 0 Å². The molecule has 0 amide bonds. The van der Waals surface area contributed by atoms with Crippen molar-refractivity contribution < 1.29 is 0 Å². The van der Waals surface area contributed by atoms with Gasteiger partial charge in [0.25, 0.3) is 5.56 Å². The first kappa shape index (κ1) is 17.0. The second-order valence-corrected chi connectivity index (χ2v) is 6.28. The van der Waals surface area contributed by atoms with Gasteiger partial charge in [0.1, 0.15) is 0 Å². The summed E-state index contributed by atoms with van der Waals surface area (Å²) in [5.74, 6) is 0.506. The Hall–Kier alpha value is -2.89. The molecule has 0 saturated heterocycles. The minimum Gasteiger partial charge on any atom is -0.352 e. The molecule has 3 rings (SSSR count). The Balaban J connectivity index is 1.70. The van der Waals surface area contributed by atoms with Crippen LogP contribution in [0.1, 0.15) is 33.8 Å². The lowest BCUT2D eigenvalue weighted by Crippen LogP contribution is -2.14. The van der Waals surface area contributed by atoms with E-state index in [2.05, 4.69) is 44.5 Å². The Labute approximate surface area is 146 Å². The summed E-state index contributed by atoms with van der Waals surface area (Å²) in [5.41, 5.74) is 6.28. The number of aromatic nitrogens is 4. The highest BCUT2D eigenvalue weighted by molar-refractivity contribution is 5.32. The SMILES string of the molecule is Cc1ccccc1CNc1nc(CCc2c(C)n[nH]c2C)cc(=O)[nH]1. The second kappa shape index (κ2) is 7.34. The molecule has 2 aromatic heterocycles. The molecule has 0 radical (unpaired) electrons. The molecule has 3 N–H and O–H groups in total. The third-order valence-corrected chi connectivity index (χ3v) is 4.41. The zero-order chi connectivity index (χ0) is 17.8. The van der Waals surface area contributed by atoms with Crippen molar-refractivity contribution in [3.8, 4) is 0 Å². The van der Waals surface area contributed by atoms with Gasteiger partial charge in [0.2, 0.25) is 5.95 Å². The number of nitrogens with one attached hydrogen (secondary N) is 3. The molecule has 6 nitrogen and oxygen atoms in total. The van der Waals surface area contributed by atoms with Crippen LogP contribution in [0.5, 0.6) is 0 Å². The number of nitrogens with zero attached hydrogens (tertiary/aromatic N) is 2. The Morgan fingerprint density at radius 3 is 2.64 bits per heavy atom. The Kier molecular flexibility index (Phi) is 4.97. The molecule has 0 saturated carbocycles. The van der Waals surface area contributed by atoms with E-state index in [1.807, 2.05) is 26.0 Å². The van der Waals surface area contributed by atoms with Gasteiger partial charge in [-0.05, 0) is 50.3 Å². The van der Waals surface area contributed by atoms with Crippen molar-refractivity contribution in [2.24, 2.45) is 0 Å². The summed E-state index contributed by atoms with van der Waals surface area (Å²) in [6.45, 7) is 6.69. The monoisotopic (exact) mass is 337 g/mol. The van der Waals surface area contributed by atoms with Crippen LogP contribution in [0.15, 0.2) is 35.1 Å². The second-order valence-electron chi connectivity index (χ2n) is 6.28. The summed E-state index contributed by atoms with van der Waals surface area (Å²) >= 11 is 0. The average Bonchev–Trinajstić information content (AvgIpc) is 2.90. The van der Waals surface area contributed by atoms with Crippen molar-refractivity contribution in [1.82, 2.24) is 20.2 Å². The predicted octanol–water partition coefficient (Wildman–Crippen LogP) is 2.82. The Morgan fingerprint density at radius 1 is 1.12 bits per heavy atom. The Bertz CT molecular complexity index is 906. The van der Waals surface area contributed by atoms with E-state index in [4.69, 9.17) is 0 Å². The summed E-state index contributed by atoms with van der Waals surface area (Å²) in [4.78, 5) is 19.2. The van der Waals surface area contributed by atoms with Crippen LogP contribution >= 0.6 is 0 Å². The van der Waals surface area contributed by atoms with Gasteiger partial charge in [0, 0.05) is 18.3 Å². The molecule has 3 aromatic rings. The van der Waals surface area contributed by atoms with Crippen LogP contribution in [0, 0.1) is 20.8 Å². The lowest BCUT2D eigenvalue weighted by atomic mass is 10.1. The highest BCUT2D eigenvalue weighted by Crippen LogP contribution is 2.13. The normalized spacial score (nSPS) is 10.8. The largest absolute Gasteiger partial charge is 0.352 e. The molecule has 0 aliphatic carbocycles. The van der Waals surface area contributed by atoms with Crippen LogP contribution in [0.4, 0.5) is 5.95 Å². The van der Waals surface area contributed by atoms with Gasteiger partial charge < -0.3 is 5.32 Å². The lowest BCUT2D eigenvalue weighted by molar-refractivity contribution is 0.878. The third kappa shape index (κ3) is 4.15. The van der Waals surface area contributed by atoms with Crippen molar-refractivity contribution in [3.05, 3.63) is 74.5 Å². The molecule has 0 spiro atoms. The van der Waals surface area contributed by atoms with Crippen LogP contribution in [0.3, 0.4) is 0 Å². The lowest BCUT2D eigenvalue weighted by Gasteiger charge is -2.09. The van der Waals surface area contributed by atoms with Crippen molar-refractivity contribution in [1.29, 1.82) is 0 Å². The fraction of sp³-hybridized carbons (Fsp3) is 0.316. The van der Waals surface area contributed by atoms with Crippen molar-refractivity contribution in [2.75, 3.05) is 5.32 Å². The highest BCUT2D eigenvalue weighted by Gasteiger charge is 2.08. The van der Waals surface area contributed by atoms with Gasteiger partial charge in [-0.2, -0.15) is 5.10 Å². The van der Waals surface area contributed by atoms with Crippen LogP contribution in [-0.4, -0.2) is 20.2 Å². The number of aromatic amines is 2. The van der Waals surface area contributed by atoms with Gasteiger partial charge in [-0.1, -0.05) is 24.3 Å². The number of benzene rings is 1. The zero-order valence-electron chi connectivity index (χ0n) is 14.8. The standard InChI is InChI=1S/C19H23N5O/c1-12-6-4-5-7-15(12)11-20-19-21-16(10-18(25)22-19)8-9-17-13(2)23-24-14(17)3/h4-7,10H,8-9,11H2,1-3H3,(H,23,24)(H2,20,21,22,25). The maximum absolute atomic E-state index is 11.9. The molecule has 130 valence electrons. The van der Waals surface area contributed by atoms with E-state index in [9.17, 15) is 4.79 Å². The molecule has 2 heterocycles. The van der Waals surface area contributed by atoms with E-state index in [0.29, 0.717) is 18.9 Å². The summed E-state index contributed by atoms with van der Waals surface area (Å²) in [6.07, 6.45) is 1.51. The van der Waals surface area contributed by atoms with E-state index in [1.54, 1.807) is 6.07 Å². The fourth-order valence-electron chi connectivity index (χ4n) is 2.90. The van der Waals surface area contributed by atoms with Crippen LogP contribution in [0.25, 0.3) is 0 Å². The molecule has 0 atom stereocenters. The van der Waals surface area contributed by atoms with Crippen molar-refractivity contribution in [3.63, 3.8) is 0 Å². The summed E-state index contributed by atoms with van der Waals surface area (Å²) in [7, 11) is 0. The van der Waals surface area contributed by atoms with Crippen LogP contribution in [-0.2, 0) is 19.4 Å². The number of rotatable bonds is 6. The van der Waals surface area contributed by atoms with Crippen LogP contribution < -0.4 is 10.9 Å².